The van der Waals surface area contributed by atoms with Crippen LogP contribution in [0.3, 0.4) is 0 Å². The van der Waals surface area contributed by atoms with Crippen LogP contribution in [0, 0.1) is 0 Å². The highest BCUT2D eigenvalue weighted by Crippen LogP contribution is 2.17. The van der Waals surface area contributed by atoms with Crippen molar-refractivity contribution in [3.05, 3.63) is 24.3 Å². The number of rotatable bonds is 6. The first kappa shape index (κ1) is 16.3. The third-order valence-electron chi connectivity index (χ3n) is 2.52. The molecule has 0 aromatic heterocycles. The van der Waals surface area contributed by atoms with Gasteiger partial charge in [0.2, 0.25) is 0 Å². The fourth-order valence-corrected chi connectivity index (χ4v) is 1.60. The second-order valence-electron chi connectivity index (χ2n) is 5.71. The molecular formula is C16H25NO3. The lowest BCUT2D eigenvalue weighted by molar-refractivity contribution is 0.0636. The van der Waals surface area contributed by atoms with Gasteiger partial charge in [0.05, 0.1) is 6.61 Å². The van der Waals surface area contributed by atoms with Gasteiger partial charge in [-0.15, -0.1) is 0 Å². The van der Waals surface area contributed by atoms with Crippen LogP contribution in [0.1, 0.15) is 47.0 Å². The van der Waals surface area contributed by atoms with Crippen molar-refractivity contribution < 1.29 is 14.3 Å². The molecule has 0 fully saturated rings. The molecule has 1 aromatic rings. The summed E-state index contributed by atoms with van der Waals surface area (Å²) in [6.45, 7) is 8.39. The van der Waals surface area contributed by atoms with Crippen molar-refractivity contribution in [1.82, 2.24) is 0 Å². The number of hydrogen-bond donors (Lipinski definition) is 1. The molecule has 4 nitrogen and oxygen atoms in total. The minimum absolute atomic E-state index is 0.450. The molecule has 1 N–H and O–H groups in total. The Morgan fingerprint density at radius 1 is 1.15 bits per heavy atom. The summed E-state index contributed by atoms with van der Waals surface area (Å²) in [5.41, 5.74) is 0.201. The molecule has 0 aliphatic heterocycles. The summed E-state index contributed by atoms with van der Waals surface area (Å²) < 4.78 is 10.8. The van der Waals surface area contributed by atoms with E-state index in [0.717, 1.165) is 18.8 Å². The predicted octanol–water partition coefficient (Wildman–Crippen LogP) is 4.60. The lowest BCUT2D eigenvalue weighted by Crippen LogP contribution is -2.27. The molecule has 0 radical (unpaired) electrons. The number of amides is 1. The molecule has 1 rings (SSSR count). The lowest BCUT2D eigenvalue weighted by Gasteiger charge is -2.19. The summed E-state index contributed by atoms with van der Waals surface area (Å²) >= 11 is 0. The van der Waals surface area contributed by atoms with Crippen LogP contribution in [0.25, 0.3) is 0 Å². The maximum atomic E-state index is 11.6. The summed E-state index contributed by atoms with van der Waals surface area (Å²) in [7, 11) is 0. The normalized spacial score (nSPS) is 11.0. The standard InChI is InChI=1S/C16H25NO3/c1-5-6-7-12-19-14-10-8-13(9-11-14)17-15(18)20-16(2,3)4/h8-11H,5-7,12H2,1-4H3,(H,17,18). The van der Waals surface area contributed by atoms with Crippen LogP contribution in [-0.4, -0.2) is 18.3 Å². The van der Waals surface area contributed by atoms with Gasteiger partial charge in [-0.25, -0.2) is 4.79 Å². The van der Waals surface area contributed by atoms with Crippen LogP contribution in [-0.2, 0) is 4.74 Å². The Balaban J connectivity index is 2.40. The summed E-state index contributed by atoms with van der Waals surface area (Å²) in [6, 6.07) is 7.30. The van der Waals surface area contributed by atoms with Gasteiger partial charge < -0.3 is 9.47 Å². The molecule has 0 heterocycles. The molecule has 0 atom stereocenters. The molecular weight excluding hydrogens is 254 g/mol. The van der Waals surface area contributed by atoms with Crippen LogP contribution in [0.4, 0.5) is 10.5 Å². The van der Waals surface area contributed by atoms with E-state index < -0.39 is 11.7 Å². The zero-order valence-electron chi connectivity index (χ0n) is 12.9. The van der Waals surface area contributed by atoms with Gasteiger partial charge >= 0.3 is 6.09 Å². The Morgan fingerprint density at radius 3 is 2.35 bits per heavy atom. The van der Waals surface area contributed by atoms with E-state index in [0.29, 0.717) is 5.69 Å². The van der Waals surface area contributed by atoms with Crippen molar-refractivity contribution >= 4 is 11.8 Å². The van der Waals surface area contributed by atoms with E-state index in [4.69, 9.17) is 9.47 Å². The van der Waals surface area contributed by atoms with E-state index in [1.165, 1.54) is 12.8 Å². The van der Waals surface area contributed by atoms with Gasteiger partial charge in [0, 0.05) is 5.69 Å². The SMILES string of the molecule is CCCCCOc1ccc(NC(=O)OC(C)(C)C)cc1. The van der Waals surface area contributed by atoms with Crippen LogP contribution in [0.15, 0.2) is 24.3 Å². The van der Waals surface area contributed by atoms with Gasteiger partial charge in [-0.1, -0.05) is 19.8 Å². The van der Waals surface area contributed by atoms with Gasteiger partial charge in [0.25, 0.3) is 0 Å². The largest absolute Gasteiger partial charge is 0.494 e. The molecule has 1 amide bonds. The number of carbonyl (C=O) groups is 1. The summed E-state index contributed by atoms with van der Waals surface area (Å²) in [5.74, 6) is 0.816. The number of ether oxygens (including phenoxy) is 2. The molecule has 0 aliphatic carbocycles. The van der Waals surface area contributed by atoms with Crippen LogP contribution in [0.5, 0.6) is 5.75 Å². The topological polar surface area (TPSA) is 47.6 Å². The molecule has 20 heavy (non-hydrogen) atoms. The van der Waals surface area contributed by atoms with Crippen molar-refractivity contribution in [3.8, 4) is 5.75 Å². The summed E-state index contributed by atoms with van der Waals surface area (Å²) in [6.07, 6.45) is 2.98. The number of unbranched alkanes of at least 4 members (excludes halogenated alkanes) is 2. The van der Waals surface area contributed by atoms with Crippen molar-refractivity contribution in [2.45, 2.75) is 52.6 Å². The second-order valence-corrected chi connectivity index (χ2v) is 5.71. The predicted molar refractivity (Wildman–Crippen MR) is 81.3 cm³/mol. The fourth-order valence-electron chi connectivity index (χ4n) is 1.60. The van der Waals surface area contributed by atoms with E-state index >= 15 is 0 Å². The summed E-state index contributed by atoms with van der Waals surface area (Å²) in [5, 5.41) is 2.69. The highest BCUT2D eigenvalue weighted by atomic mass is 16.6. The molecule has 0 aliphatic rings. The second kappa shape index (κ2) is 7.78. The number of carbonyl (C=O) groups excluding carboxylic acids is 1. The van der Waals surface area contributed by atoms with Gasteiger partial charge in [-0.3, -0.25) is 5.32 Å². The highest BCUT2D eigenvalue weighted by Gasteiger charge is 2.15. The first-order valence-electron chi connectivity index (χ1n) is 7.13. The number of nitrogens with one attached hydrogen (secondary N) is 1. The molecule has 1 aromatic carbocycles. The quantitative estimate of drug-likeness (QED) is 0.774. The van der Waals surface area contributed by atoms with Crippen LogP contribution >= 0.6 is 0 Å². The first-order valence-corrected chi connectivity index (χ1v) is 7.13. The Kier molecular flexibility index (Phi) is 6.36. The van der Waals surface area contributed by atoms with Crippen molar-refractivity contribution in [2.24, 2.45) is 0 Å². The smallest absolute Gasteiger partial charge is 0.412 e. The minimum atomic E-state index is -0.494. The fraction of sp³-hybridized carbons (Fsp3) is 0.562. The molecule has 0 saturated heterocycles. The molecule has 0 unspecified atom stereocenters. The van der Waals surface area contributed by atoms with Crippen LogP contribution < -0.4 is 10.1 Å². The van der Waals surface area contributed by atoms with E-state index in [2.05, 4.69) is 12.2 Å². The zero-order chi connectivity index (χ0) is 15.0. The minimum Gasteiger partial charge on any atom is -0.494 e. The molecule has 112 valence electrons. The zero-order valence-corrected chi connectivity index (χ0v) is 12.9. The van der Waals surface area contributed by atoms with E-state index in [9.17, 15) is 4.79 Å². The van der Waals surface area contributed by atoms with Crippen molar-refractivity contribution in [2.75, 3.05) is 11.9 Å². The maximum absolute atomic E-state index is 11.6. The van der Waals surface area contributed by atoms with Crippen LogP contribution in [0.2, 0.25) is 0 Å². The highest BCUT2D eigenvalue weighted by molar-refractivity contribution is 5.84. The van der Waals surface area contributed by atoms with E-state index in [-0.39, 0.29) is 0 Å². The lowest BCUT2D eigenvalue weighted by atomic mass is 10.2. The third-order valence-corrected chi connectivity index (χ3v) is 2.52. The molecule has 0 spiro atoms. The Labute approximate surface area is 121 Å². The molecule has 4 heteroatoms. The molecule has 0 saturated carbocycles. The van der Waals surface area contributed by atoms with E-state index in [1.54, 1.807) is 12.1 Å². The third kappa shape index (κ3) is 7.02. The van der Waals surface area contributed by atoms with Crippen molar-refractivity contribution in [3.63, 3.8) is 0 Å². The van der Waals surface area contributed by atoms with Gasteiger partial charge in [0.1, 0.15) is 11.4 Å². The Morgan fingerprint density at radius 2 is 1.80 bits per heavy atom. The van der Waals surface area contributed by atoms with E-state index in [1.807, 2.05) is 32.9 Å². The van der Waals surface area contributed by atoms with Gasteiger partial charge in [-0.05, 0) is 51.5 Å². The Bertz CT molecular complexity index is 407. The average molecular weight is 279 g/mol. The van der Waals surface area contributed by atoms with Gasteiger partial charge in [-0.2, -0.15) is 0 Å². The number of anilines is 1. The average Bonchev–Trinajstić information content (AvgIpc) is 2.34. The number of benzene rings is 1. The van der Waals surface area contributed by atoms with Crippen molar-refractivity contribution in [1.29, 1.82) is 0 Å². The Hall–Kier alpha value is -1.71. The van der Waals surface area contributed by atoms with Gasteiger partial charge in [0.15, 0.2) is 0 Å². The maximum Gasteiger partial charge on any atom is 0.412 e. The number of hydrogen-bond acceptors (Lipinski definition) is 3. The summed E-state index contributed by atoms with van der Waals surface area (Å²) in [4.78, 5) is 11.6. The molecule has 0 bridgehead atoms. The monoisotopic (exact) mass is 279 g/mol. The first-order chi connectivity index (χ1) is 9.40.